The predicted molar refractivity (Wildman–Crippen MR) is 205 cm³/mol. The number of carbonyl (C=O) groups is 4. The fraction of sp³-hybridized carbons (Fsp3) is 0.310. The second kappa shape index (κ2) is 12.4. The minimum Gasteiger partial charge on any atom is -0.508 e. The Morgan fingerprint density at radius 1 is 0.926 bits per heavy atom. The van der Waals surface area contributed by atoms with Crippen molar-refractivity contribution in [2.75, 3.05) is 11.4 Å². The molecule has 54 heavy (non-hydrogen) atoms. The highest BCUT2D eigenvalue weighted by Crippen LogP contribution is 2.63. The maximum Gasteiger partial charge on any atom is 0.242 e. The molecule has 0 bridgehead atoms. The van der Waals surface area contributed by atoms with Crippen LogP contribution in [0.25, 0.3) is 20.7 Å². The molecule has 0 radical (unpaired) electrons. The number of imide groups is 2. The Bertz CT molecular complexity index is 2470. The molecule has 3 fully saturated rings. The summed E-state index contributed by atoms with van der Waals surface area (Å²) in [6.45, 7) is 4.04. The standard InChI is InChI=1S/C42H37ClN4O6S/c1-21-29-18-24(43)9-14-33(29)54-37(21)32-20-34(45(3)44-32)47-39(51)31-19-30-27(36(42(31,2)41(47)53)23-5-4-6-26(49)17-23)12-13-28-35(30)40(52)46(38(28)50)16-15-22-7-10-25(48)11-8-22/h4-12,14,17-18,20,28,30-31,35-36,48-49H,13,15-16,19H2,1-3H3. The first-order chi connectivity index (χ1) is 25.9. The number of aromatic hydroxyl groups is 2. The van der Waals surface area contributed by atoms with E-state index in [0.29, 0.717) is 34.9 Å². The molecular weight excluding hydrogens is 724 g/mol. The summed E-state index contributed by atoms with van der Waals surface area (Å²) in [6, 6.07) is 21.0. The largest absolute Gasteiger partial charge is 0.508 e. The number of phenols is 2. The lowest BCUT2D eigenvalue weighted by atomic mass is 9.51. The number of anilines is 1. The zero-order valence-corrected chi connectivity index (χ0v) is 31.4. The lowest BCUT2D eigenvalue weighted by Gasteiger charge is -2.49. The van der Waals surface area contributed by atoms with Crippen LogP contribution in [0, 0.1) is 36.0 Å². The van der Waals surface area contributed by atoms with Gasteiger partial charge in [0.1, 0.15) is 23.0 Å². The first-order valence-corrected chi connectivity index (χ1v) is 19.3. The summed E-state index contributed by atoms with van der Waals surface area (Å²) >= 11 is 7.88. The second-order valence-corrected chi connectivity index (χ2v) is 16.7. The van der Waals surface area contributed by atoms with Crippen molar-refractivity contribution in [3.8, 4) is 22.1 Å². The number of rotatable bonds is 6. The second-order valence-electron chi connectivity index (χ2n) is 15.2. The van der Waals surface area contributed by atoms with E-state index in [1.807, 2.05) is 44.2 Å². The van der Waals surface area contributed by atoms with Gasteiger partial charge in [-0.2, -0.15) is 5.10 Å². The first-order valence-electron chi connectivity index (χ1n) is 18.1. The molecule has 2 N–H and O–H groups in total. The zero-order chi connectivity index (χ0) is 37.8. The van der Waals surface area contributed by atoms with Gasteiger partial charge < -0.3 is 10.2 Å². The summed E-state index contributed by atoms with van der Waals surface area (Å²) in [6.07, 6.45) is 3.02. The predicted octanol–water partition coefficient (Wildman–Crippen LogP) is 7.15. The minimum absolute atomic E-state index is 0.0292. The Kier molecular flexibility index (Phi) is 7.92. The van der Waals surface area contributed by atoms with Gasteiger partial charge in [-0.1, -0.05) is 47.5 Å². The summed E-state index contributed by atoms with van der Waals surface area (Å²) in [5.41, 5.74) is 2.80. The number of fused-ring (bicyclic) bond motifs is 5. The van der Waals surface area contributed by atoms with Crippen molar-refractivity contribution < 1.29 is 29.4 Å². The Morgan fingerprint density at radius 3 is 2.46 bits per heavy atom. The molecule has 10 nitrogen and oxygen atoms in total. The monoisotopic (exact) mass is 760 g/mol. The van der Waals surface area contributed by atoms with Gasteiger partial charge >= 0.3 is 0 Å². The van der Waals surface area contributed by atoms with Crippen molar-refractivity contribution >= 4 is 62.5 Å². The molecule has 5 aromatic rings. The van der Waals surface area contributed by atoms with E-state index in [2.05, 4.69) is 0 Å². The van der Waals surface area contributed by atoms with Gasteiger partial charge in [0.2, 0.25) is 23.6 Å². The average molecular weight is 761 g/mol. The van der Waals surface area contributed by atoms with Gasteiger partial charge in [0.25, 0.3) is 0 Å². The molecule has 2 saturated heterocycles. The zero-order valence-electron chi connectivity index (χ0n) is 29.8. The van der Waals surface area contributed by atoms with E-state index in [0.717, 1.165) is 31.7 Å². The third-order valence-electron chi connectivity index (χ3n) is 12.3. The maximum atomic E-state index is 15.0. The van der Waals surface area contributed by atoms with Crippen LogP contribution >= 0.6 is 22.9 Å². The van der Waals surface area contributed by atoms with Crippen molar-refractivity contribution in [2.24, 2.45) is 36.1 Å². The van der Waals surface area contributed by atoms with Gasteiger partial charge in [-0.15, -0.1) is 11.3 Å². The Hall–Kier alpha value is -5.26. The number of aromatic nitrogens is 2. The number of carbonyl (C=O) groups excluding carboxylic acids is 4. The van der Waals surface area contributed by atoms with Gasteiger partial charge in [-0.05, 0) is 104 Å². The summed E-state index contributed by atoms with van der Waals surface area (Å²) in [7, 11) is 1.72. The molecule has 0 spiro atoms. The highest BCUT2D eigenvalue weighted by Gasteiger charge is 2.68. The molecule has 12 heteroatoms. The van der Waals surface area contributed by atoms with Crippen LogP contribution in [0.15, 0.2) is 84.4 Å². The van der Waals surface area contributed by atoms with Gasteiger partial charge in [0.15, 0.2) is 0 Å². The number of nitrogens with zero attached hydrogens (tertiary/aromatic N) is 4. The third-order valence-corrected chi connectivity index (χ3v) is 13.9. The van der Waals surface area contributed by atoms with Crippen LogP contribution < -0.4 is 4.90 Å². The Balaban J connectivity index is 1.10. The van der Waals surface area contributed by atoms with Gasteiger partial charge in [0.05, 0.1) is 28.0 Å². The van der Waals surface area contributed by atoms with Crippen molar-refractivity contribution in [2.45, 2.75) is 39.0 Å². The van der Waals surface area contributed by atoms with Crippen LogP contribution in [-0.2, 0) is 32.6 Å². The van der Waals surface area contributed by atoms with E-state index in [9.17, 15) is 24.6 Å². The lowest BCUT2D eigenvalue weighted by molar-refractivity contribution is -0.140. The number of hydrogen-bond acceptors (Lipinski definition) is 8. The average Bonchev–Trinajstić information content (AvgIpc) is 3.81. The number of aryl methyl sites for hydroxylation is 2. The fourth-order valence-electron chi connectivity index (χ4n) is 9.72. The number of halogens is 1. The van der Waals surface area contributed by atoms with Gasteiger partial charge in [0, 0.05) is 35.3 Å². The summed E-state index contributed by atoms with van der Waals surface area (Å²) in [4.78, 5) is 61.5. The number of phenolic OH excluding ortho intramolecular Hbond substituents is 2. The molecule has 2 aliphatic carbocycles. The quantitative estimate of drug-likeness (QED) is 0.139. The van der Waals surface area contributed by atoms with E-state index in [1.165, 1.54) is 9.80 Å². The fourth-order valence-corrected chi connectivity index (χ4v) is 11.0. The third kappa shape index (κ3) is 5.01. The van der Waals surface area contributed by atoms with Crippen LogP contribution in [0.2, 0.25) is 5.02 Å². The number of thiophene rings is 1. The Morgan fingerprint density at radius 2 is 1.70 bits per heavy atom. The highest BCUT2D eigenvalue weighted by atomic mass is 35.5. The smallest absolute Gasteiger partial charge is 0.242 e. The molecular formula is C42H37ClN4O6S. The molecule has 6 atom stereocenters. The lowest BCUT2D eigenvalue weighted by Crippen LogP contribution is -2.48. The molecule has 2 aromatic heterocycles. The van der Waals surface area contributed by atoms with Crippen LogP contribution in [0.3, 0.4) is 0 Å². The summed E-state index contributed by atoms with van der Waals surface area (Å²) in [5.74, 6) is -3.85. The molecule has 1 saturated carbocycles. The van der Waals surface area contributed by atoms with Crippen LogP contribution in [-0.4, -0.2) is 55.1 Å². The normalized spacial score (nSPS) is 26.4. The van der Waals surface area contributed by atoms with Crippen molar-refractivity contribution in [3.05, 3.63) is 106 Å². The number of hydrogen-bond donors (Lipinski definition) is 2. The SMILES string of the molecule is Cc1c(-c2cc(N3C(=O)C4CC5C(=CCC6C(=O)N(CCc7ccc(O)cc7)C(=O)C65)C(c5cccc(O)c5)C4(C)C3=O)n(C)n2)sc2ccc(Cl)cc12. The number of benzene rings is 3. The maximum absolute atomic E-state index is 15.0. The van der Waals surface area contributed by atoms with Crippen LogP contribution in [0.4, 0.5) is 5.82 Å². The molecule has 9 rings (SSSR count). The minimum atomic E-state index is -1.25. The first kappa shape index (κ1) is 34.5. The molecule has 3 aromatic carbocycles. The topological polar surface area (TPSA) is 133 Å². The van der Waals surface area contributed by atoms with E-state index in [4.69, 9.17) is 16.7 Å². The van der Waals surface area contributed by atoms with Crippen molar-refractivity contribution in [1.29, 1.82) is 0 Å². The molecule has 6 unspecified atom stereocenters. The van der Waals surface area contributed by atoms with Gasteiger partial charge in [-0.3, -0.25) is 28.8 Å². The van der Waals surface area contributed by atoms with E-state index in [-0.39, 0.29) is 48.1 Å². The summed E-state index contributed by atoms with van der Waals surface area (Å²) < 4.78 is 2.62. The highest BCUT2D eigenvalue weighted by molar-refractivity contribution is 7.22. The van der Waals surface area contributed by atoms with E-state index < -0.39 is 35.0 Å². The Labute approximate surface area is 320 Å². The molecule has 4 amide bonds. The molecule has 4 heterocycles. The van der Waals surface area contributed by atoms with Crippen LogP contribution in [0.1, 0.15) is 42.4 Å². The van der Waals surface area contributed by atoms with E-state index >= 15 is 4.79 Å². The van der Waals surface area contributed by atoms with E-state index in [1.54, 1.807) is 71.6 Å². The number of likely N-dealkylation sites (tertiary alicyclic amines) is 1. The van der Waals surface area contributed by atoms with Crippen molar-refractivity contribution in [1.82, 2.24) is 14.7 Å². The van der Waals surface area contributed by atoms with Gasteiger partial charge in [-0.25, -0.2) is 4.90 Å². The molecule has 2 aliphatic heterocycles. The molecule has 274 valence electrons. The molecule has 4 aliphatic rings. The van der Waals surface area contributed by atoms with Crippen molar-refractivity contribution in [3.63, 3.8) is 0 Å². The number of allylic oxidation sites excluding steroid dienone is 2. The summed E-state index contributed by atoms with van der Waals surface area (Å²) in [5, 5.41) is 26.8. The number of amides is 4. The van der Waals surface area contributed by atoms with Crippen LogP contribution in [0.5, 0.6) is 11.5 Å².